The highest BCUT2D eigenvalue weighted by molar-refractivity contribution is 6.01. The molecule has 0 unspecified atom stereocenters. The van der Waals surface area contributed by atoms with Gasteiger partial charge in [0.2, 0.25) is 5.91 Å². The second kappa shape index (κ2) is 5.95. The number of carbonyl (C=O) groups is 2. The van der Waals surface area contributed by atoms with Crippen molar-refractivity contribution in [2.75, 3.05) is 0 Å². The molecule has 1 amide bonds. The Morgan fingerprint density at radius 2 is 1.72 bits per heavy atom. The Balaban J connectivity index is 2.64. The number of carbonyl (C=O) groups excluding carboxylic acids is 1. The molecule has 1 aromatic rings. The number of amides is 1. The summed E-state index contributed by atoms with van der Waals surface area (Å²) in [6.07, 6.45) is 0. The molecule has 0 aromatic heterocycles. The third-order valence-corrected chi connectivity index (χ3v) is 2.59. The summed E-state index contributed by atoms with van der Waals surface area (Å²) < 4.78 is 12.6. The van der Waals surface area contributed by atoms with Crippen LogP contribution in [0.3, 0.4) is 0 Å². The lowest BCUT2D eigenvalue weighted by atomic mass is 10.1. The van der Waals surface area contributed by atoms with E-state index in [1.807, 2.05) is 0 Å². The molecule has 5 heteroatoms. The summed E-state index contributed by atoms with van der Waals surface area (Å²) in [4.78, 5) is 22.3. The normalized spacial score (nSPS) is 11.7. The van der Waals surface area contributed by atoms with Gasteiger partial charge in [-0.3, -0.25) is 4.79 Å². The van der Waals surface area contributed by atoms with Crippen molar-refractivity contribution < 1.29 is 19.1 Å². The lowest BCUT2D eigenvalue weighted by molar-refractivity contribution is -0.133. The Kier molecular flexibility index (Phi) is 4.59. The third kappa shape index (κ3) is 3.69. The lowest BCUT2D eigenvalue weighted by Gasteiger charge is -2.07. The van der Waals surface area contributed by atoms with Gasteiger partial charge in [0.05, 0.1) is 0 Å². The molecule has 1 aromatic carbocycles. The molecule has 0 saturated carbocycles. The van der Waals surface area contributed by atoms with Crippen molar-refractivity contribution in [3.05, 3.63) is 46.8 Å². The smallest absolute Gasteiger partial charge is 0.331 e. The summed E-state index contributed by atoms with van der Waals surface area (Å²) in [5.41, 5.74) is 0.904. The van der Waals surface area contributed by atoms with Crippen molar-refractivity contribution in [2.45, 2.75) is 20.4 Å². The van der Waals surface area contributed by atoms with Crippen molar-refractivity contribution in [2.24, 2.45) is 0 Å². The van der Waals surface area contributed by atoms with Crippen LogP contribution in [0.1, 0.15) is 19.4 Å². The summed E-state index contributed by atoms with van der Waals surface area (Å²) in [6.45, 7) is 3.04. The van der Waals surface area contributed by atoms with Gasteiger partial charge in [-0.1, -0.05) is 12.1 Å². The number of aliphatic carboxylic acids is 1. The van der Waals surface area contributed by atoms with Crippen LogP contribution in [0.5, 0.6) is 0 Å². The van der Waals surface area contributed by atoms with Crippen molar-refractivity contribution in [3.63, 3.8) is 0 Å². The van der Waals surface area contributed by atoms with Gasteiger partial charge in [0.1, 0.15) is 5.82 Å². The molecule has 0 fully saturated rings. The van der Waals surface area contributed by atoms with Crippen LogP contribution >= 0.6 is 0 Å². The fourth-order valence-corrected chi connectivity index (χ4v) is 1.25. The Bertz CT molecular complexity index is 491. The van der Waals surface area contributed by atoms with Crippen molar-refractivity contribution in [1.29, 1.82) is 0 Å². The van der Waals surface area contributed by atoms with Gasteiger partial charge in [0.25, 0.3) is 0 Å². The lowest BCUT2D eigenvalue weighted by Crippen LogP contribution is -2.25. The standard InChI is InChI=1S/C13H14FNO3/c1-8(9(2)13(17)18)12(16)15-7-10-3-5-11(14)6-4-10/h3-6H,7H2,1-2H3,(H,15,16)(H,17,18)/b9-8-. The van der Waals surface area contributed by atoms with Crippen molar-refractivity contribution in [1.82, 2.24) is 5.32 Å². The maximum atomic E-state index is 12.6. The van der Waals surface area contributed by atoms with E-state index in [-0.39, 0.29) is 23.5 Å². The summed E-state index contributed by atoms with van der Waals surface area (Å²) in [5, 5.41) is 11.3. The molecule has 2 N–H and O–H groups in total. The van der Waals surface area contributed by atoms with Gasteiger partial charge in [-0.15, -0.1) is 0 Å². The first-order chi connectivity index (χ1) is 8.41. The second-order valence-corrected chi connectivity index (χ2v) is 3.86. The minimum Gasteiger partial charge on any atom is -0.478 e. The van der Waals surface area contributed by atoms with Gasteiger partial charge in [-0.2, -0.15) is 0 Å². The Labute approximate surface area is 104 Å². The fourth-order valence-electron chi connectivity index (χ4n) is 1.25. The SMILES string of the molecule is C/C(C(=O)O)=C(\C)C(=O)NCc1ccc(F)cc1. The molecule has 0 aliphatic carbocycles. The third-order valence-electron chi connectivity index (χ3n) is 2.59. The number of nitrogens with one attached hydrogen (secondary N) is 1. The molecule has 0 atom stereocenters. The van der Waals surface area contributed by atoms with Gasteiger partial charge in [-0.25, -0.2) is 9.18 Å². The van der Waals surface area contributed by atoms with E-state index in [1.165, 1.54) is 26.0 Å². The van der Waals surface area contributed by atoms with E-state index in [0.717, 1.165) is 5.56 Å². The van der Waals surface area contributed by atoms with E-state index in [0.29, 0.717) is 0 Å². The Morgan fingerprint density at radius 3 is 2.22 bits per heavy atom. The molecule has 0 spiro atoms. The first-order valence-corrected chi connectivity index (χ1v) is 5.35. The van der Waals surface area contributed by atoms with Crippen molar-refractivity contribution >= 4 is 11.9 Å². The molecule has 0 saturated heterocycles. The Hall–Kier alpha value is -2.17. The van der Waals surface area contributed by atoms with E-state index in [1.54, 1.807) is 12.1 Å². The number of hydrogen-bond acceptors (Lipinski definition) is 2. The highest BCUT2D eigenvalue weighted by Gasteiger charge is 2.12. The first kappa shape index (κ1) is 13.9. The topological polar surface area (TPSA) is 66.4 Å². The quantitative estimate of drug-likeness (QED) is 0.803. The van der Waals surface area contributed by atoms with Crippen LogP contribution in [0, 0.1) is 5.82 Å². The molecular weight excluding hydrogens is 237 g/mol. The molecule has 18 heavy (non-hydrogen) atoms. The monoisotopic (exact) mass is 251 g/mol. The van der Waals surface area contributed by atoms with Crippen LogP contribution in [0.15, 0.2) is 35.4 Å². The van der Waals surface area contributed by atoms with Crippen LogP contribution in [0.2, 0.25) is 0 Å². The number of hydrogen-bond donors (Lipinski definition) is 2. The van der Waals surface area contributed by atoms with E-state index in [4.69, 9.17) is 5.11 Å². The van der Waals surface area contributed by atoms with Crippen molar-refractivity contribution in [3.8, 4) is 0 Å². The Morgan fingerprint density at radius 1 is 1.17 bits per heavy atom. The number of benzene rings is 1. The van der Waals surface area contributed by atoms with Crippen LogP contribution in [0.25, 0.3) is 0 Å². The maximum absolute atomic E-state index is 12.6. The molecule has 96 valence electrons. The zero-order valence-corrected chi connectivity index (χ0v) is 10.2. The van der Waals surface area contributed by atoms with Crippen LogP contribution in [-0.4, -0.2) is 17.0 Å². The molecule has 1 rings (SSSR count). The van der Waals surface area contributed by atoms with E-state index >= 15 is 0 Å². The van der Waals surface area contributed by atoms with E-state index in [2.05, 4.69) is 5.32 Å². The molecule has 0 radical (unpaired) electrons. The second-order valence-electron chi connectivity index (χ2n) is 3.86. The number of halogens is 1. The van der Waals surface area contributed by atoms with Gasteiger partial charge in [0, 0.05) is 17.7 Å². The molecule has 0 bridgehead atoms. The summed E-state index contributed by atoms with van der Waals surface area (Å²) >= 11 is 0. The summed E-state index contributed by atoms with van der Waals surface area (Å²) in [6, 6.07) is 5.71. The largest absolute Gasteiger partial charge is 0.478 e. The molecule has 0 heterocycles. The van der Waals surface area contributed by atoms with Crippen LogP contribution < -0.4 is 5.32 Å². The zero-order chi connectivity index (χ0) is 13.7. The van der Waals surface area contributed by atoms with Crippen LogP contribution in [-0.2, 0) is 16.1 Å². The summed E-state index contributed by atoms with van der Waals surface area (Å²) in [5.74, 6) is -1.91. The van der Waals surface area contributed by atoms with Gasteiger partial charge in [0.15, 0.2) is 0 Å². The highest BCUT2D eigenvalue weighted by atomic mass is 19.1. The molecule has 0 aliphatic rings. The van der Waals surface area contributed by atoms with Crippen LogP contribution in [0.4, 0.5) is 4.39 Å². The average Bonchev–Trinajstić information content (AvgIpc) is 2.35. The van der Waals surface area contributed by atoms with E-state index in [9.17, 15) is 14.0 Å². The first-order valence-electron chi connectivity index (χ1n) is 5.35. The average molecular weight is 251 g/mol. The predicted octanol–water partition coefficient (Wildman–Crippen LogP) is 1.86. The minimum absolute atomic E-state index is 0.00612. The number of carboxylic acids is 1. The zero-order valence-electron chi connectivity index (χ0n) is 10.2. The number of rotatable bonds is 4. The maximum Gasteiger partial charge on any atom is 0.331 e. The minimum atomic E-state index is -1.12. The predicted molar refractivity (Wildman–Crippen MR) is 64.3 cm³/mol. The van der Waals surface area contributed by atoms with Gasteiger partial charge >= 0.3 is 5.97 Å². The molecule has 0 aliphatic heterocycles. The summed E-state index contributed by atoms with van der Waals surface area (Å²) in [7, 11) is 0. The van der Waals surface area contributed by atoms with Gasteiger partial charge < -0.3 is 10.4 Å². The number of carboxylic acid groups (broad SMARTS) is 1. The highest BCUT2D eigenvalue weighted by Crippen LogP contribution is 2.05. The van der Waals surface area contributed by atoms with Gasteiger partial charge in [-0.05, 0) is 31.5 Å². The molecular formula is C13H14FNO3. The fraction of sp³-hybridized carbons (Fsp3) is 0.231. The molecule has 4 nitrogen and oxygen atoms in total. The van der Waals surface area contributed by atoms with E-state index < -0.39 is 11.9 Å².